The minimum Gasteiger partial charge on any atom is -0.489 e. The molecule has 3 aromatic rings. The Kier molecular flexibility index (Phi) is 8.64. The van der Waals surface area contributed by atoms with E-state index < -0.39 is 36.1 Å². The number of aliphatic carboxylic acids is 1. The second kappa shape index (κ2) is 11.7. The minimum absolute atomic E-state index is 0.0456. The van der Waals surface area contributed by atoms with Crippen LogP contribution >= 0.6 is 0 Å². The molecule has 0 aliphatic carbocycles. The third kappa shape index (κ3) is 8.44. The smallest absolute Gasteiger partial charge is 0.416 e. The van der Waals surface area contributed by atoms with Crippen LogP contribution in [0.2, 0.25) is 0 Å². The molecule has 0 radical (unpaired) electrons. The lowest BCUT2D eigenvalue weighted by atomic mass is 10.1. The van der Waals surface area contributed by atoms with E-state index in [0.29, 0.717) is 22.4 Å². The van der Waals surface area contributed by atoms with E-state index in [1.165, 1.54) is 42.5 Å². The van der Waals surface area contributed by atoms with Crippen LogP contribution in [-0.2, 0) is 35.2 Å². The summed E-state index contributed by atoms with van der Waals surface area (Å²) in [6, 6.07) is 13.3. The summed E-state index contributed by atoms with van der Waals surface area (Å²) >= 11 is 0. The molecule has 3 aromatic carbocycles. The molecule has 1 N–H and O–H groups in total. The number of ether oxygens (including phenoxy) is 2. The maximum absolute atomic E-state index is 12.7. The summed E-state index contributed by atoms with van der Waals surface area (Å²) in [5, 5.41) is 12.2. The molecule has 0 aliphatic heterocycles. The van der Waals surface area contributed by atoms with Crippen LogP contribution in [0.25, 0.3) is 0 Å². The van der Waals surface area contributed by atoms with Gasteiger partial charge in [-0.05, 0) is 53.6 Å². The van der Waals surface area contributed by atoms with Gasteiger partial charge in [0.25, 0.3) is 0 Å². The van der Waals surface area contributed by atoms with Gasteiger partial charge in [0.1, 0.15) is 24.7 Å². The maximum Gasteiger partial charge on any atom is 0.416 e. The number of hydrogen-bond donors (Lipinski definition) is 1. The Bertz CT molecular complexity index is 1220. The quantitative estimate of drug-likeness (QED) is 0.190. The first-order chi connectivity index (χ1) is 17.4. The third-order valence-electron chi connectivity index (χ3n) is 4.80. The number of hydrogen-bond acceptors (Lipinski definition) is 5. The van der Waals surface area contributed by atoms with Gasteiger partial charge in [-0.1, -0.05) is 29.4 Å². The number of alkyl halides is 6. The molecule has 0 fully saturated rings. The molecule has 37 heavy (non-hydrogen) atoms. The standard InChI is InChI=1S/C25H19F6NO5/c26-24(27,28)19-5-1-16(2-6-19)13-35-21-9-10-22(18(11-21)12-32-37-15-23(33)34)36-14-17-3-7-20(8-4-17)25(29,30)31/h1-12H,13-15H2,(H,33,34)/b32-12+. The molecule has 0 aromatic heterocycles. The van der Waals surface area contributed by atoms with Crippen molar-refractivity contribution in [1.29, 1.82) is 0 Å². The highest BCUT2D eigenvalue weighted by molar-refractivity contribution is 5.84. The van der Waals surface area contributed by atoms with Crippen molar-refractivity contribution in [3.8, 4) is 11.5 Å². The highest BCUT2D eigenvalue weighted by Crippen LogP contribution is 2.31. The average Bonchev–Trinajstić information content (AvgIpc) is 2.84. The second-order valence-corrected chi connectivity index (χ2v) is 7.57. The Morgan fingerprint density at radius 1 is 0.784 bits per heavy atom. The number of carbonyl (C=O) groups is 1. The molecule has 6 nitrogen and oxygen atoms in total. The number of nitrogens with zero attached hydrogens (tertiary/aromatic N) is 1. The number of halogens is 6. The van der Waals surface area contributed by atoms with Crippen molar-refractivity contribution in [2.45, 2.75) is 25.6 Å². The SMILES string of the molecule is O=C(O)CO/N=C/c1cc(OCc2ccc(C(F)(F)F)cc2)ccc1OCc1ccc(C(F)(F)F)cc1. The fraction of sp³-hybridized carbons (Fsp3) is 0.200. The summed E-state index contributed by atoms with van der Waals surface area (Å²) in [5.41, 5.74) is -0.349. The van der Waals surface area contributed by atoms with Crippen LogP contribution in [0.5, 0.6) is 11.5 Å². The summed E-state index contributed by atoms with van der Waals surface area (Å²) in [6.45, 7) is -0.820. The predicted octanol–water partition coefficient (Wildman–Crippen LogP) is 6.32. The van der Waals surface area contributed by atoms with Gasteiger partial charge in [0.15, 0.2) is 0 Å². The fourth-order valence-corrected chi connectivity index (χ4v) is 2.94. The summed E-state index contributed by atoms with van der Waals surface area (Å²) in [5.74, 6) is -0.713. The van der Waals surface area contributed by atoms with Crippen molar-refractivity contribution in [1.82, 2.24) is 0 Å². The van der Waals surface area contributed by atoms with E-state index in [1.54, 1.807) is 0 Å². The van der Waals surface area contributed by atoms with Crippen LogP contribution in [0.1, 0.15) is 27.8 Å². The van der Waals surface area contributed by atoms with Gasteiger partial charge < -0.3 is 19.4 Å². The lowest BCUT2D eigenvalue weighted by molar-refractivity contribution is -0.142. The maximum atomic E-state index is 12.7. The van der Waals surface area contributed by atoms with E-state index in [-0.39, 0.29) is 19.0 Å². The van der Waals surface area contributed by atoms with E-state index in [2.05, 4.69) is 9.99 Å². The van der Waals surface area contributed by atoms with Gasteiger partial charge in [0.05, 0.1) is 17.3 Å². The largest absolute Gasteiger partial charge is 0.489 e. The van der Waals surface area contributed by atoms with Crippen molar-refractivity contribution in [3.63, 3.8) is 0 Å². The first kappa shape index (κ1) is 27.4. The number of rotatable bonds is 10. The van der Waals surface area contributed by atoms with Crippen molar-refractivity contribution < 1.29 is 50.6 Å². The van der Waals surface area contributed by atoms with Gasteiger partial charge in [-0.2, -0.15) is 26.3 Å². The van der Waals surface area contributed by atoms with Crippen LogP contribution in [0.3, 0.4) is 0 Å². The van der Waals surface area contributed by atoms with Crippen LogP contribution < -0.4 is 9.47 Å². The topological polar surface area (TPSA) is 77.4 Å². The van der Waals surface area contributed by atoms with E-state index in [0.717, 1.165) is 30.5 Å². The van der Waals surface area contributed by atoms with E-state index in [9.17, 15) is 31.1 Å². The Balaban J connectivity index is 1.71. The normalized spacial score (nSPS) is 11.9. The molecule has 0 heterocycles. The van der Waals surface area contributed by atoms with Gasteiger partial charge >= 0.3 is 18.3 Å². The summed E-state index contributed by atoms with van der Waals surface area (Å²) < 4.78 is 87.7. The molecular formula is C25H19F6NO5. The van der Waals surface area contributed by atoms with E-state index in [4.69, 9.17) is 14.6 Å². The molecule has 0 amide bonds. The molecule has 0 unspecified atom stereocenters. The molecular weight excluding hydrogens is 508 g/mol. The molecule has 0 saturated heterocycles. The highest BCUT2D eigenvalue weighted by Gasteiger charge is 2.30. The number of oxime groups is 1. The van der Waals surface area contributed by atoms with Crippen LogP contribution in [0, 0.1) is 0 Å². The van der Waals surface area contributed by atoms with E-state index >= 15 is 0 Å². The van der Waals surface area contributed by atoms with Gasteiger partial charge in [-0.3, -0.25) is 0 Å². The first-order valence-electron chi connectivity index (χ1n) is 10.5. The van der Waals surface area contributed by atoms with Gasteiger partial charge in [-0.15, -0.1) is 0 Å². The number of carboxylic acid groups (broad SMARTS) is 1. The van der Waals surface area contributed by atoms with Gasteiger partial charge in [0.2, 0.25) is 6.61 Å². The summed E-state index contributed by atoms with van der Waals surface area (Å²) in [6.07, 6.45) is -7.75. The van der Waals surface area contributed by atoms with Crippen molar-refractivity contribution >= 4 is 12.2 Å². The molecule has 0 bridgehead atoms. The van der Waals surface area contributed by atoms with Crippen molar-refractivity contribution in [3.05, 3.63) is 94.5 Å². The summed E-state index contributed by atoms with van der Waals surface area (Å²) in [7, 11) is 0. The molecule has 0 saturated carbocycles. The molecule has 0 aliphatic rings. The molecule has 0 atom stereocenters. The third-order valence-corrected chi connectivity index (χ3v) is 4.80. The van der Waals surface area contributed by atoms with E-state index in [1.807, 2.05) is 0 Å². The van der Waals surface area contributed by atoms with Crippen LogP contribution in [-0.4, -0.2) is 23.9 Å². The monoisotopic (exact) mass is 527 g/mol. The van der Waals surface area contributed by atoms with Crippen LogP contribution in [0.15, 0.2) is 71.9 Å². The Morgan fingerprint density at radius 3 is 1.78 bits per heavy atom. The minimum atomic E-state index is -4.46. The average molecular weight is 527 g/mol. The molecule has 3 rings (SSSR count). The van der Waals surface area contributed by atoms with Gasteiger partial charge in [0, 0.05) is 5.56 Å². The Hall–Kier alpha value is -4.22. The fourth-order valence-electron chi connectivity index (χ4n) is 2.94. The zero-order chi connectivity index (χ0) is 27.1. The second-order valence-electron chi connectivity index (χ2n) is 7.57. The lowest BCUT2D eigenvalue weighted by Gasteiger charge is -2.13. The zero-order valence-corrected chi connectivity index (χ0v) is 18.8. The van der Waals surface area contributed by atoms with Crippen molar-refractivity contribution in [2.24, 2.45) is 5.16 Å². The lowest BCUT2D eigenvalue weighted by Crippen LogP contribution is -2.06. The predicted molar refractivity (Wildman–Crippen MR) is 119 cm³/mol. The zero-order valence-electron chi connectivity index (χ0n) is 18.8. The van der Waals surface area contributed by atoms with Crippen LogP contribution in [0.4, 0.5) is 26.3 Å². The Morgan fingerprint density at radius 2 is 1.30 bits per heavy atom. The van der Waals surface area contributed by atoms with Crippen molar-refractivity contribution in [2.75, 3.05) is 6.61 Å². The highest BCUT2D eigenvalue weighted by atomic mass is 19.4. The number of carboxylic acids is 1. The summed E-state index contributed by atoms with van der Waals surface area (Å²) in [4.78, 5) is 15.2. The molecule has 196 valence electrons. The Labute approximate surface area is 206 Å². The molecule has 0 spiro atoms. The number of benzene rings is 3. The van der Waals surface area contributed by atoms with Gasteiger partial charge in [-0.25, -0.2) is 4.79 Å². The first-order valence-corrected chi connectivity index (χ1v) is 10.5. The molecule has 12 heteroatoms.